The maximum atomic E-state index is 12.8. The molecule has 2 saturated heterocycles. The van der Waals surface area contributed by atoms with E-state index in [2.05, 4.69) is 0 Å². The maximum absolute atomic E-state index is 12.8. The van der Waals surface area contributed by atoms with Crippen LogP contribution in [-0.4, -0.2) is 60.4 Å². The number of ether oxygens (including phenoxy) is 2. The fraction of sp³-hybridized carbons (Fsp3) is 0.529. The number of carbonyl (C=O) groups excluding carboxylic acids is 1. The quantitative estimate of drug-likeness (QED) is 0.898. The van der Waals surface area contributed by atoms with Crippen LogP contribution in [0.5, 0.6) is 0 Å². The van der Waals surface area contributed by atoms with Gasteiger partial charge in [0.25, 0.3) is 5.91 Å². The largest absolute Gasteiger partial charge is 0.478 e. The first-order valence-electron chi connectivity index (χ1n) is 7.85. The second-order valence-corrected chi connectivity index (χ2v) is 6.26. The number of hydrogen-bond acceptors (Lipinski definition) is 4. The second-order valence-electron chi connectivity index (χ2n) is 6.26. The summed E-state index contributed by atoms with van der Waals surface area (Å²) in [5.74, 6) is -1.16. The van der Waals surface area contributed by atoms with Crippen molar-refractivity contribution in [3.05, 3.63) is 34.9 Å². The van der Waals surface area contributed by atoms with Crippen molar-refractivity contribution in [1.29, 1.82) is 0 Å². The van der Waals surface area contributed by atoms with Gasteiger partial charge in [-0.2, -0.15) is 0 Å². The number of carboxylic acids is 1. The number of aromatic carboxylic acids is 1. The molecule has 0 bridgehead atoms. The number of amides is 1. The smallest absolute Gasteiger partial charge is 0.335 e. The fourth-order valence-corrected chi connectivity index (χ4v) is 3.28. The molecule has 2 fully saturated rings. The molecule has 23 heavy (non-hydrogen) atoms. The highest BCUT2D eigenvalue weighted by Crippen LogP contribution is 2.29. The molecule has 0 radical (unpaired) electrons. The number of carboxylic acid groups (broad SMARTS) is 1. The molecular weight excluding hydrogens is 298 g/mol. The fourth-order valence-electron chi connectivity index (χ4n) is 3.28. The van der Waals surface area contributed by atoms with Gasteiger partial charge in [-0.05, 0) is 30.7 Å². The van der Waals surface area contributed by atoms with Gasteiger partial charge in [0.05, 0.1) is 24.3 Å². The number of benzene rings is 1. The van der Waals surface area contributed by atoms with Gasteiger partial charge in [0.15, 0.2) is 0 Å². The van der Waals surface area contributed by atoms with Gasteiger partial charge in [0, 0.05) is 38.2 Å². The van der Waals surface area contributed by atoms with Crippen LogP contribution in [0.25, 0.3) is 0 Å². The number of nitrogens with zero attached hydrogens (tertiary/aromatic N) is 1. The lowest BCUT2D eigenvalue weighted by Gasteiger charge is -2.44. The van der Waals surface area contributed by atoms with Crippen LogP contribution in [0.4, 0.5) is 0 Å². The molecule has 2 heterocycles. The Morgan fingerprint density at radius 1 is 1.13 bits per heavy atom. The average Bonchev–Trinajstić information content (AvgIpc) is 2.54. The lowest BCUT2D eigenvalue weighted by atomic mass is 9.91. The Balaban J connectivity index is 1.81. The molecule has 0 atom stereocenters. The molecule has 1 N–H and O–H groups in total. The highest BCUT2D eigenvalue weighted by atomic mass is 16.5. The normalized spacial score (nSPS) is 20.5. The van der Waals surface area contributed by atoms with Crippen molar-refractivity contribution in [3.63, 3.8) is 0 Å². The minimum absolute atomic E-state index is 0.134. The van der Waals surface area contributed by atoms with Gasteiger partial charge in [-0.3, -0.25) is 4.79 Å². The Kier molecular flexibility index (Phi) is 4.37. The zero-order valence-electron chi connectivity index (χ0n) is 13.2. The van der Waals surface area contributed by atoms with Crippen molar-refractivity contribution >= 4 is 11.9 Å². The Morgan fingerprint density at radius 3 is 2.52 bits per heavy atom. The van der Waals surface area contributed by atoms with Gasteiger partial charge in [-0.25, -0.2) is 4.79 Å². The van der Waals surface area contributed by atoms with Crippen molar-refractivity contribution in [1.82, 2.24) is 4.90 Å². The van der Waals surface area contributed by atoms with E-state index >= 15 is 0 Å². The predicted octanol–water partition coefficient (Wildman–Crippen LogP) is 1.71. The molecule has 1 aromatic carbocycles. The molecule has 0 unspecified atom stereocenters. The van der Waals surface area contributed by atoms with E-state index in [9.17, 15) is 9.59 Å². The highest BCUT2D eigenvalue weighted by Gasteiger charge is 2.39. The maximum Gasteiger partial charge on any atom is 0.335 e. The monoisotopic (exact) mass is 319 g/mol. The van der Waals surface area contributed by atoms with Crippen molar-refractivity contribution < 1.29 is 24.2 Å². The van der Waals surface area contributed by atoms with Crippen LogP contribution >= 0.6 is 0 Å². The van der Waals surface area contributed by atoms with Crippen LogP contribution in [0.2, 0.25) is 0 Å². The number of carbonyl (C=O) groups is 2. The van der Waals surface area contributed by atoms with Gasteiger partial charge in [0.2, 0.25) is 0 Å². The SMILES string of the molecule is Cc1cc(C(=O)O)cc(C(=O)N2CCOC3(CCOCC3)C2)c1. The molecule has 6 heteroatoms. The molecule has 0 aliphatic carbocycles. The van der Waals surface area contributed by atoms with E-state index in [1.165, 1.54) is 6.07 Å². The number of rotatable bonds is 2. The van der Waals surface area contributed by atoms with E-state index in [0.717, 1.165) is 18.4 Å². The van der Waals surface area contributed by atoms with Gasteiger partial charge >= 0.3 is 5.97 Å². The molecule has 3 rings (SSSR count). The minimum Gasteiger partial charge on any atom is -0.478 e. The molecule has 6 nitrogen and oxygen atoms in total. The molecule has 2 aliphatic heterocycles. The Labute approximate surface area is 135 Å². The van der Waals surface area contributed by atoms with Crippen LogP contribution in [0.3, 0.4) is 0 Å². The molecule has 0 aromatic heterocycles. The number of hydrogen-bond donors (Lipinski definition) is 1. The molecular formula is C17H21NO5. The summed E-state index contributed by atoms with van der Waals surface area (Å²) >= 11 is 0. The van der Waals surface area contributed by atoms with E-state index in [-0.39, 0.29) is 17.1 Å². The van der Waals surface area contributed by atoms with Crippen molar-refractivity contribution in [2.75, 3.05) is 32.9 Å². The summed E-state index contributed by atoms with van der Waals surface area (Å²) in [4.78, 5) is 25.8. The molecule has 0 saturated carbocycles. The summed E-state index contributed by atoms with van der Waals surface area (Å²) in [5, 5.41) is 9.17. The third-order valence-electron chi connectivity index (χ3n) is 4.51. The van der Waals surface area contributed by atoms with Crippen LogP contribution in [0.1, 0.15) is 39.1 Å². The summed E-state index contributed by atoms with van der Waals surface area (Å²) in [6.07, 6.45) is 1.57. The lowest BCUT2D eigenvalue weighted by molar-refractivity contribution is -0.146. The zero-order chi connectivity index (χ0) is 16.4. The number of morpholine rings is 1. The predicted molar refractivity (Wildman–Crippen MR) is 82.8 cm³/mol. The van der Waals surface area contributed by atoms with E-state index in [1.807, 2.05) is 0 Å². The molecule has 124 valence electrons. The van der Waals surface area contributed by atoms with Gasteiger partial charge in [0.1, 0.15) is 0 Å². The van der Waals surface area contributed by atoms with Crippen molar-refractivity contribution in [3.8, 4) is 0 Å². The van der Waals surface area contributed by atoms with Crippen LogP contribution in [-0.2, 0) is 9.47 Å². The summed E-state index contributed by atoms with van der Waals surface area (Å²) in [6, 6.07) is 4.75. The standard InChI is InChI=1S/C17H21NO5/c1-12-8-13(10-14(9-12)16(20)21)15(19)18-4-7-23-17(11-18)2-5-22-6-3-17/h8-10H,2-7,11H2,1H3,(H,20,21). The summed E-state index contributed by atoms with van der Waals surface area (Å²) in [6.45, 7) is 4.65. The van der Waals surface area contributed by atoms with Gasteiger partial charge in [-0.15, -0.1) is 0 Å². The average molecular weight is 319 g/mol. The number of aryl methyl sites for hydroxylation is 1. The van der Waals surface area contributed by atoms with E-state index < -0.39 is 5.97 Å². The van der Waals surface area contributed by atoms with E-state index in [4.69, 9.17) is 14.6 Å². The van der Waals surface area contributed by atoms with E-state index in [0.29, 0.717) is 38.5 Å². The molecule has 1 aromatic rings. The Morgan fingerprint density at radius 2 is 1.83 bits per heavy atom. The third kappa shape index (κ3) is 3.38. The van der Waals surface area contributed by atoms with E-state index in [1.54, 1.807) is 24.0 Å². The Bertz CT molecular complexity index is 616. The minimum atomic E-state index is -1.02. The first kappa shape index (κ1) is 16.0. The zero-order valence-corrected chi connectivity index (χ0v) is 13.2. The van der Waals surface area contributed by atoms with Crippen LogP contribution < -0.4 is 0 Å². The summed E-state index contributed by atoms with van der Waals surface area (Å²) < 4.78 is 11.3. The van der Waals surface area contributed by atoms with Gasteiger partial charge < -0.3 is 19.5 Å². The summed E-state index contributed by atoms with van der Waals surface area (Å²) in [5.41, 5.74) is 1.02. The van der Waals surface area contributed by atoms with Crippen molar-refractivity contribution in [2.24, 2.45) is 0 Å². The van der Waals surface area contributed by atoms with Crippen LogP contribution in [0.15, 0.2) is 18.2 Å². The first-order valence-corrected chi connectivity index (χ1v) is 7.85. The topological polar surface area (TPSA) is 76.1 Å². The lowest BCUT2D eigenvalue weighted by Crippen LogP contribution is -2.55. The third-order valence-corrected chi connectivity index (χ3v) is 4.51. The summed E-state index contributed by atoms with van der Waals surface area (Å²) in [7, 11) is 0. The second kappa shape index (κ2) is 6.29. The molecule has 1 amide bonds. The van der Waals surface area contributed by atoms with Crippen LogP contribution in [0, 0.1) is 6.92 Å². The first-order chi connectivity index (χ1) is 11.0. The molecule has 1 spiro atoms. The Hall–Kier alpha value is -1.92. The molecule has 2 aliphatic rings. The highest BCUT2D eigenvalue weighted by molar-refractivity contribution is 5.98. The van der Waals surface area contributed by atoms with Gasteiger partial charge in [-0.1, -0.05) is 0 Å². The van der Waals surface area contributed by atoms with Crippen molar-refractivity contribution in [2.45, 2.75) is 25.4 Å².